The van der Waals surface area contributed by atoms with Gasteiger partial charge in [-0.25, -0.2) is 4.79 Å². The maximum Gasteiger partial charge on any atom is 0.317 e. The van der Waals surface area contributed by atoms with E-state index in [9.17, 15) is 9.90 Å². The van der Waals surface area contributed by atoms with E-state index in [4.69, 9.17) is 0 Å². The van der Waals surface area contributed by atoms with Crippen LogP contribution < -0.4 is 5.32 Å². The van der Waals surface area contributed by atoms with Crippen molar-refractivity contribution in [2.75, 3.05) is 13.6 Å². The molecule has 21 heavy (non-hydrogen) atoms. The summed E-state index contributed by atoms with van der Waals surface area (Å²) >= 11 is 0. The molecule has 2 N–H and O–H groups in total. The summed E-state index contributed by atoms with van der Waals surface area (Å²) < 4.78 is 0. The number of hydrogen-bond donors (Lipinski definition) is 2. The maximum absolute atomic E-state index is 12.5. The second-order valence-electron chi connectivity index (χ2n) is 8.50. The van der Waals surface area contributed by atoms with Gasteiger partial charge in [0, 0.05) is 19.1 Å². The van der Waals surface area contributed by atoms with E-state index in [-0.39, 0.29) is 17.7 Å². The molecule has 5 saturated carbocycles. The molecule has 0 spiro atoms. The molecule has 0 radical (unpaired) electrons. The average molecular weight is 292 g/mol. The van der Waals surface area contributed by atoms with Gasteiger partial charge >= 0.3 is 6.03 Å². The highest BCUT2D eigenvalue weighted by Gasteiger charge is 2.51. The average Bonchev–Trinajstić information content (AvgIpc) is 2.34. The minimum Gasteiger partial charge on any atom is -0.393 e. The van der Waals surface area contributed by atoms with Crippen molar-refractivity contribution in [3.05, 3.63) is 0 Å². The highest BCUT2D eigenvalue weighted by atomic mass is 16.3. The largest absolute Gasteiger partial charge is 0.393 e. The molecule has 0 atom stereocenters. The Morgan fingerprint density at radius 1 is 1.10 bits per heavy atom. The Morgan fingerprint density at radius 2 is 1.62 bits per heavy atom. The maximum atomic E-state index is 12.5. The molecular weight excluding hydrogens is 264 g/mol. The fraction of sp³-hybridized carbons (Fsp3) is 0.941. The molecule has 5 fully saturated rings. The van der Waals surface area contributed by atoms with Gasteiger partial charge < -0.3 is 15.3 Å². The summed E-state index contributed by atoms with van der Waals surface area (Å²) in [6.45, 7) is 0.787. The van der Waals surface area contributed by atoms with E-state index < -0.39 is 0 Å². The van der Waals surface area contributed by atoms with Crippen molar-refractivity contribution in [3.8, 4) is 0 Å². The zero-order valence-corrected chi connectivity index (χ0v) is 13.1. The summed E-state index contributed by atoms with van der Waals surface area (Å²) in [6, 6.07) is 0.110. The smallest absolute Gasteiger partial charge is 0.317 e. The van der Waals surface area contributed by atoms with E-state index >= 15 is 0 Å². The summed E-state index contributed by atoms with van der Waals surface area (Å²) in [5.74, 6) is 3.09. The van der Waals surface area contributed by atoms with Gasteiger partial charge in [-0.3, -0.25) is 0 Å². The highest BCUT2D eigenvalue weighted by molar-refractivity contribution is 5.75. The topological polar surface area (TPSA) is 52.6 Å². The Bertz CT molecular complexity index is 395. The third-order valence-corrected chi connectivity index (χ3v) is 6.50. The van der Waals surface area contributed by atoms with Crippen LogP contribution in [0.4, 0.5) is 4.79 Å². The standard InChI is InChI=1S/C17H28N2O2/c1-19(10-14-5-15(20)6-14)16(21)18-17-7-11-2-12(8-17)4-13(3-11)9-17/h11-15,20H,2-10H2,1H3,(H,18,21). The number of hydrogen-bond acceptors (Lipinski definition) is 2. The van der Waals surface area contributed by atoms with Gasteiger partial charge in [-0.05, 0) is 75.0 Å². The van der Waals surface area contributed by atoms with Crippen molar-refractivity contribution in [1.82, 2.24) is 10.2 Å². The number of amides is 2. The molecule has 0 heterocycles. The van der Waals surface area contributed by atoms with Crippen LogP contribution in [-0.2, 0) is 0 Å². The molecule has 5 aliphatic rings. The lowest BCUT2D eigenvalue weighted by Gasteiger charge is -2.57. The first-order valence-electron chi connectivity index (χ1n) is 8.73. The molecule has 118 valence electrons. The van der Waals surface area contributed by atoms with Gasteiger partial charge in [0.2, 0.25) is 0 Å². The lowest BCUT2D eigenvalue weighted by molar-refractivity contribution is -0.0166. The van der Waals surface area contributed by atoms with Gasteiger partial charge in [0.25, 0.3) is 0 Å². The van der Waals surface area contributed by atoms with Gasteiger partial charge in [0.15, 0.2) is 0 Å². The van der Waals surface area contributed by atoms with Gasteiger partial charge in [0.05, 0.1) is 6.10 Å². The first-order valence-corrected chi connectivity index (χ1v) is 8.73. The Labute approximate surface area is 127 Å². The minimum absolute atomic E-state index is 0.110. The van der Waals surface area contributed by atoms with E-state index in [0.29, 0.717) is 5.92 Å². The van der Waals surface area contributed by atoms with Crippen LogP contribution in [0.3, 0.4) is 0 Å². The summed E-state index contributed by atoms with van der Waals surface area (Å²) in [7, 11) is 1.90. The van der Waals surface area contributed by atoms with Crippen LogP contribution in [0, 0.1) is 23.7 Å². The monoisotopic (exact) mass is 292 g/mol. The third kappa shape index (κ3) is 2.56. The summed E-state index contributed by atoms with van der Waals surface area (Å²) in [5.41, 5.74) is 0.110. The fourth-order valence-electron chi connectivity index (χ4n) is 5.91. The lowest BCUT2D eigenvalue weighted by Crippen LogP contribution is -2.61. The van der Waals surface area contributed by atoms with E-state index in [1.54, 1.807) is 0 Å². The Balaban J connectivity index is 1.35. The minimum atomic E-state index is -0.130. The molecule has 5 rings (SSSR count). The molecule has 4 nitrogen and oxygen atoms in total. The van der Waals surface area contributed by atoms with Gasteiger partial charge in [-0.1, -0.05) is 0 Å². The van der Waals surface area contributed by atoms with Gasteiger partial charge in [-0.2, -0.15) is 0 Å². The molecule has 0 aromatic rings. The zero-order valence-electron chi connectivity index (χ0n) is 13.1. The van der Waals surface area contributed by atoms with Gasteiger partial charge in [-0.15, -0.1) is 0 Å². The lowest BCUT2D eigenvalue weighted by atomic mass is 9.53. The SMILES string of the molecule is CN(CC1CC(O)C1)C(=O)NC12CC3CC(CC(C3)C1)C2. The number of carbonyl (C=O) groups excluding carboxylic acids is 1. The normalized spacial score (nSPS) is 47.0. The van der Waals surface area contributed by atoms with Crippen LogP contribution in [0.15, 0.2) is 0 Å². The second kappa shape index (κ2) is 4.87. The van der Waals surface area contributed by atoms with Crippen LogP contribution in [0.1, 0.15) is 51.4 Å². The van der Waals surface area contributed by atoms with Crippen molar-refractivity contribution in [2.24, 2.45) is 23.7 Å². The van der Waals surface area contributed by atoms with Crippen LogP contribution in [0.25, 0.3) is 0 Å². The number of carbonyl (C=O) groups is 1. The number of urea groups is 1. The summed E-state index contributed by atoms with van der Waals surface area (Å²) in [5, 5.41) is 12.8. The van der Waals surface area contributed by atoms with Crippen molar-refractivity contribution < 1.29 is 9.90 Å². The van der Waals surface area contributed by atoms with E-state index in [0.717, 1.165) is 37.1 Å². The third-order valence-electron chi connectivity index (χ3n) is 6.50. The van der Waals surface area contributed by atoms with Crippen LogP contribution in [0.2, 0.25) is 0 Å². The van der Waals surface area contributed by atoms with E-state index in [1.807, 2.05) is 11.9 Å². The Hall–Kier alpha value is -0.770. The number of aliphatic hydroxyl groups excluding tert-OH is 1. The summed E-state index contributed by atoms with van der Waals surface area (Å²) in [6.07, 6.45) is 9.43. The van der Waals surface area contributed by atoms with E-state index in [2.05, 4.69) is 5.32 Å². The number of nitrogens with zero attached hydrogens (tertiary/aromatic N) is 1. The van der Waals surface area contributed by atoms with Crippen LogP contribution in [-0.4, -0.2) is 41.3 Å². The van der Waals surface area contributed by atoms with Crippen molar-refractivity contribution in [3.63, 3.8) is 0 Å². The predicted octanol–water partition coefficient (Wildman–Crippen LogP) is 2.37. The van der Waals surface area contributed by atoms with Crippen LogP contribution in [0.5, 0.6) is 0 Å². The zero-order chi connectivity index (χ0) is 14.6. The number of nitrogens with one attached hydrogen (secondary N) is 1. The first-order chi connectivity index (χ1) is 10.0. The molecule has 0 aromatic carbocycles. The van der Waals surface area contributed by atoms with Gasteiger partial charge in [0.1, 0.15) is 0 Å². The number of rotatable bonds is 3. The molecule has 4 heteroatoms. The molecule has 5 aliphatic carbocycles. The second-order valence-corrected chi connectivity index (χ2v) is 8.50. The predicted molar refractivity (Wildman–Crippen MR) is 80.8 cm³/mol. The quantitative estimate of drug-likeness (QED) is 0.839. The van der Waals surface area contributed by atoms with Crippen molar-refractivity contribution in [2.45, 2.75) is 63.0 Å². The number of aliphatic hydroxyl groups is 1. The molecule has 2 amide bonds. The van der Waals surface area contributed by atoms with E-state index in [1.165, 1.54) is 38.5 Å². The summed E-state index contributed by atoms with van der Waals surface area (Å²) in [4.78, 5) is 14.4. The Morgan fingerprint density at radius 3 is 2.10 bits per heavy atom. The van der Waals surface area contributed by atoms with Crippen molar-refractivity contribution >= 4 is 6.03 Å². The fourth-order valence-corrected chi connectivity index (χ4v) is 5.91. The molecule has 0 aromatic heterocycles. The molecular formula is C17H28N2O2. The molecule has 4 bridgehead atoms. The van der Waals surface area contributed by atoms with Crippen LogP contribution >= 0.6 is 0 Å². The molecule has 0 saturated heterocycles. The Kier molecular flexibility index (Phi) is 3.21. The highest BCUT2D eigenvalue weighted by Crippen LogP contribution is 2.55. The molecule has 0 aliphatic heterocycles. The first kappa shape index (κ1) is 13.9. The van der Waals surface area contributed by atoms with Crippen molar-refractivity contribution in [1.29, 1.82) is 0 Å². The molecule has 0 unspecified atom stereocenters.